The quantitative estimate of drug-likeness (QED) is 0.755. The molecule has 2 fully saturated rings. The first-order valence-electron chi connectivity index (χ1n) is 7.05. The van der Waals surface area contributed by atoms with E-state index in [-0.39, 0.29) is 0 Å². The van der Waals surface area contributed by atoms with Crippen molar-refractivity contribution < 1.29 is 0 Å². The zero-order valence-electron chi connectivity index (χ0n) is 10.3. The van der Waals surface area contributed by atoms with Gasteiger partial charge in [0.2, 0.25) is 0 Å². The molecule has 4 unspecified atom stereocenters. The standard InChI is InChI=1S/C14H27N/c1-2-11-6-7-12-4-3-5-13(8-9-15)14(12)10-11/h11-14H,2-10,15H2,1H3. The largest absolute Gasteiger partial charge is 0.330 e. The monoisotopic (exact) mass is 209 g/mol. The summed E-state index contributed by atoms with van der Waals surface area (Å²) in [4.78, 5) is 0. The Kier molecular flexibility index (Phi) is 4.07. The number of hydrogen-bond donors (Lipinski definition) is 1. The molecule has 1 heteroatoms. The summed E-state index contributed by atoms with van der Waals surface area (Å²) in [6, 6.07) is 0. The highest BCUT2D eigenvalue weighted by Gasteiger charge is 2.36. The second-order valence-corrected chi connectivity index (χ2v) is 5.78. The third kappa shape index (κ3) is 2.55. The molecular formula is C14H27N. The van der Waals surface area contributed by atoms with E-state index in [1.807, 2.05) is 0 Å². The summed E-state index contributed by atoms with van der Waals surface area (Å²) in [5.74, 6) is 4.12. The molecule has 0 aromatic carbocycles. The molecule has 0 amide bonds. The molecular weight excluding hydrogens is 182 g/mol. The van der Waals surface area contributed by atoms with Crippen LogP contribution in [0.5, 0.6) is 0 Å². The van der Waals surface area contributed by atoms with Crippen LogP contribution in [-0.2, 0) is 0 Å². The van der Waals surface area contributed by atoms with Gasteiger partial charge in [-0.3, -0.25) is 0 Å². The van der Waals surface area contributed by atoms with Gasteiger partial charge in [-0.05, 0) is 49.5 Å². The van der Waals surface area contributed by atoms with Crippen molar-refractivity contribution in [1.29, 1.82) is 0 Å². The van der Waals surface area contributed by atoms with E-state index in [0.717, 1.165) is 30.2 Å². The van der Waals surface area contributed by atoms with Crippen LogP contribution in [0.2, 0.25) is 0 Å². The number of hydrogen-bond acceptors (Lipinski definition) is 1. The molecule has 2 N–H and O–H groups in total. The Morgan fingerprint density at radius 3 is 2.73 bits per heavy atom. The van der Waals surface area contributed by atoms with Gasteiger partial charge in [-0.1, -0.05) is 39.0 Å². The zero-order chi connectivity index (χ0) is 10.7. The van der Waals surface area contributed by atoms with Gasteiger partial charge in [0.1, 0.15) is 0 Å². The number of rotatable bonds is 3. The second-order valence-electron chi connectivity index (χ2n) is 5.78. The topological polar surface area (TPSA) is 26.0 Å². The normalized spacial score (nSPS) is 41.2. The van der Waals surface area contributed by atoms with Crippen molar-refractivity contribution in [2.45, 2.75) is 58.3 Å². The molecule has 0 aromatic heterocycles. The average molecular weight is 209 g/mol. The number of fused-ring (bicyclic) bond motifs is 1. The Morgan fingerprint density at radius 1 is 1.13 bits per heavy atom. The van der Waals surface area contributed by atoms with Crippen molar-refractivity contribution in [3.8, 4) is 0 Å². The van der Waals surface area contributed by atoms with Crippen LogP contribution in [0, 0.1) is 23.7 Å². The van der Waals surface area contributed by atoms with Crippen LogP contribution in [-0.4, -0.2) is 6.54 Å². The van der Waals surface area contributed by atoms with E-state index in [4.69, 9.17) is 5.73 Å². The molecule has 4 atom stereocenters. The molecule has 0 aliphatic heterocycles. The predicted octanol–water partition coefficient (Wildman–Crippen LogP) is 3.58. The van der Waals surface area contributed by atoms with Crippen LogP contribution in [0.4, 0.5) is 0 Å². The first-order valence-corrected chi connectivity index (χ1v) is 7.05. The van der Waals surface area contributed by atoms with Gasteiger partial charge in [0.05, 0.1) is 0 Å². The average Bonchev–Trinajstić information content (AvgIpc) is 2.29. The summed E-state index contributed by atoms with van der Waals surface area (Å²) in [5.41, 5.74) is 5.75. The Hall–Kier alpha value is -0.0400. The maximum Gasteiger partial charge on any atom is -0.00745 e. The molecule has 0 saturated heterocycles. The van der Waals surface area contributed by atoms with Crippen molar-refractivity contribution in [3.63, 3.8) is 0 Å². The SMILES string of the molecule is CCC1CCC2CCCC(CCN)C2C1. The van der Waals surface area contributed by atoms with Crippen molar-refractivity contribution >= 4 is 0 Å². The summed E-state index contributed by atoms with van der Waals surface area (Å²) in [6.07, 6.45) is 11.7. The minimum Gasteiger partial charge on any atom is -0.330 e. The van der Waals surface area contributed by atoms with E-state index in [1.165, 1.54) is 51.4 Å². The summed E-state index contributed by atoms with van der Waals surface area (Å²) in [6.45, 7) is 3.27. The lowest BCUT2D eigenvalue weighted by atomic mass is 9.62. The Morgan fingerprint density at radius 2 is 2.00 bits per heavy atom. The zero-order valence-corrected chi connectivity index (χ0v) is 10.3. The minimum absolute atomic E-state index is 0.907. The Bertz CT molecular complexity index is 188. The van der Waals surface area contributed by atoms with Crippen LogP contribution >= 0.6 is 0 Å². The molecule has 2 aliphatic rings. The molecule has 88 valence electrons. The van der Waals surface area contributed by atoms with E-state index in [1.54, 1.807) is 0 Å². The summed E-state index contributed by atoms with van der Waals surface area (Å²) in [7, 11) is 0. The molecule has 0 heterocycles. The molecule has 0 radical (unpaired) electrons. The van der Waals surface area contributed by atoms with E-state index in [9.17, 15) is 0 Å². The van der Waals surface area contributed by atoms with Gasteiger partial charge in [0, 0.05) is 0 Å². The van der Waals surface area contributed by atoms with Crippen LogP contribution in [0.25, 0.3) is 0 Å². The van der Waals surface area contributed by atoms with Crippen LogP contribution in [0.15, 0.2) is 0 Å². The highest BCUT2D eigenvalue weighted by molar-refractivity contribution is 4.87. The molecule has 0 aromatic rings. The molecule has 0 spiro atoms. The maximum atomic E-state index is 5.75. The first kappa shape index (κ1) is 11.4. The lowest BCUT2D eigenvalue weighted by Crippen LogP contribution is -2.34. The Balaban J connectivity index is 1.96. The van der Waals surface area contributed by atoms with Gasteiger partial charge in [0.15, 0.2) is 0 Å². The molecule has 1 nitrogen and oxygen atoms in total. The summed E-state index contributed by atoms with van der Waals surface area (Å²) < 4.78 is 0. The van der Waals surface area contributed by atoms with Gasteiger partial charge in [0.25, 0.3) is 0 Å². The second kappa shape index (κ2) is 5.34. The van der Waals surface area contributed by atoms with Gasteiger partial charge < -0.3 is 5.73 Å². The lowest BCUT2D eigenvalue weighted by Gasteiger charge is -2.44. The minimum atomic E-state index is 0.907. The fraction of sp³-hybridized carbons (Fsp3) is 1.00. The van der Waals surface area contributed by atoms with Crippen molar-refractivity contribution in [3.05, 3.63) is 0 Å². The van der Waals surface area contributed by atoms with Crippen molar-refractivity contribution in [2.75, 3.05) is 6.54 Å². The van der Waals surface area contributed by atoms with Gasteiger partial charge in [-0.15, -0.1) is 0 Å². The van der Waals surface area contributed by atoms with E-state index in [0.29, 0.717) is 0 Å². The molecule has 2 saturated carbocycles. The molecule has 0 bridgehead atoms. The lowest BCUT2D eigenvalue weighted by molar-refractivity contribution is 0.0692. The molecule has 2 aliphatic carbocycles. The van der Waals surface area contributed by atoms with Gasteiger partial charge in [-0.25, -0.2) is 0 Å². The smallest absolute Gasteiger partial charge is 0.00745 e. The van der Waals surface area contributed by atoms with Gasteiger partial charge in [-0.2, -0.15) is 0 Å². The van der Waals surface area contributed by atoms with Gasteiger partial charge >= 0.3 is 0 Å². The first-order chi connectivity index (χ1) is 7.35. The third-order valence-electron chi connectivity index (χ3n) is 5.03. The third-order valence-corrected chi connectivity index (χ3v) is 5.03. The summed E-state index contributed by atoms with van der Waals surface area (Å²) >= 11 is 0. The van der Waals surface area contributed by atoms with E-state index >= 15 is 0 Å². The molecule has 15 heavy (non-hydrogen) atoms. The van der Waals surface area contributed by atoms with Crippen LogP contribution in [0.3, 0.4) is 0 Å². The van der Waals surface area contributed by atoms with Crippen LogP contribution < -0.4 is 5.73 Å². The fourth-order valence-electron chi connectivity index (χ4n) is 4.09. The Labute approximate surface area is 94.8 Å². The predicted molar refractivity (Wildman–Crippen MR) is 65.6 cm³/mol. The van der Waals surface area contributed by atoms with Crippen LogP contribution in [0.1, 0.15) is 58.3 Å². The van der Waals surface area contributed by atoms with E-state index < -0.39 is 0 Å². The van der Waals surface area contributed by atoms with Crippen molar-refractivity contribution in [2.24, 2.45) is 29.4 Å². The molecule has 2 rings (SSSR count). The highest BCUT2D eigenvalue weighted by atomic mass is 14.5. The summed E-state index contributed by atoms with van der Waals surface area (Å²) in [5, 5.41) is 0. The fourth-order valence-corrected chi connectivity index (χ4v) is 4.09. The maximum absolute atomic E-state index is 5.75. The highest BCUT2D eigenvalue weighted by Crippen LogP contribution is 2.47. The van der Waals surface area contributed by atoms with E-state index in [2.05, 4.69) is 6.92 Å². The number of nitrogens with two attached hydrogens (primary N) is 1. The van der Waals surface area contributed by atoms with Crippen molar-refractivity contribution in [1.82, 2.24) is 0 Å².